The number of aliphatic hydroxyl groups is 1. The molecule has 0 bridgehead atoms. The molecule has 1 aromatic heterocycles. The number of aromatic nitrogens is 2. The Morgan fingerprint density at radius 3 is 2.70 bits per heavy atom. The van der Waals surface area contributed by atoms with Gasteiger partial charge in [-0.05, 0) is 38.0 Å². The zero-order chi connectivity index (χ0) is 24.0. The van der Waals surface area contributed by atoms with E-state index in [4.69, 9.17) is 21.1 Å². The summed E-state index contributed by atoms with van der Waals surface area (Å²) in [4.78, 5) is 22.8. The summed E-state index contributed by atoms with van der Waals surface area (Å²) in [6.45, 7) is 8.83. The molecule has 0 saturated carbocycles. The molecule has 2 aromatic rings. The largest absolute Gasteiger partial charge is 0.489 e. The molecule has 0 spiro atoms. The third kappa shape index (κ3) is 7.05. The van der Waals surface area contributed by atoms with Gasteiger partial charge in [0.15, 0.2) is 5.82 Å². The molecule has 7 nitrogen and oxygen atoms in total. The van der Waals surface area contributed by atoms with Crippen LogP contribution >= 0.6 is 11.6 Å². The zero-order valence-corrected chi connectivity index (χ0v) is 20.6. The van der Waals surface area contributed by atoms with Crippen molar-refractivity contribution in [3.05, 3.63) is 41.2 Å². The number of anilines is 1. The summed E-state index contributed by atoms with van der Waals surface area (Å²) in [6, 6.07) is 7.82. The molecule has 2 heterocycles. The van der Waals surface area contributed by atoms with Crippen LogP contribution in [0.25, 0.3) is 0 Å². The molecule has 33 heavy (non-hydrogen) atoms. The lowest BCUT2D eigenvalue weighted by Gasteiger charge is -2.21. The second kappa shape index (κ2) is 11.2. The number of rotatable bonds is 11. The van der Waals surface area contributed by atoms with Crippen molar-refractivity contribution in [3.63, 3.8) is 0 Å². The van der Waals surface area contributed by atoms with Crippen LogP contribution in [0.2, 0.25) is 5.02 Å². The lowest BCUT2D eigenvalue weighted by molar-refractivity contribution is -0.120. The first-order chi connectivity index (χ1) is 15.7. The van der Waals surface area contributed by atoms with Gasteiger partial charge in [0.25, 0.3) is 0 Å². The van der Waals surface area contributed by atoms with E-state index in [1.54, 1.807) is 13.8 Å². The van der Waals surface area contributed by atoms with E-state index in [-0.39, 0.29) is 30.3 Å². The second-order valence-electron chi connectivity index (χ2n) is 9.25. The van der Waals surface area contributed by atoms with Gasteiger partial charge in [-0.25, -0.2) is 9.97 Å². The van der Waals surface area contributed by atoms with Crippen LogP contribution < -0.4 is 14.4 Å². The summed E-state index contributed by atoms with van der Waals surface area (Å²) in [5, 5.41) is 10.2. The van der Waals surface area contributed by atoms with Crippen LogP contribution in [0.15, 0.2) is 30.6 Å². The Hall–Kier alpha value is -2.38. The van der Waals surface area contributed by atoms with Gasteiger partial charge in [-0.2, -0.15) is 0 Å². The molecule has 8 heteroatoms. The minimum atomic E-state index is -0.989. The summed E-state index contributed by atoms with van der Waals surface area (Å²) in [7, 11) is 0. The van der Waals surface area contributed by atoms with E-state index in [1.807, 2.05) is 31.2 Å². The van der Waals surface area contributed by atoms with Gasteiger partial charge in [0.1, 0.15) is 35.6 Å². The van der Waals surface area contributed by atoms with E-state index in [0.717, 1.165) is 37.1 Å². The van der Waals surface area contributed by atoms with Crippen LogP contribution in [0.4, 0.5) is 5.82 Å². The molecule has 0 amide bonds. The molecule has 0 aliphatic carbocycles. The van der Waals surface area contributed by atoms with Crippen LogP contribution in [-0.4, -0.2) is 52.3 Å². The van der Waals surface area contributed by atoms with Gasteiger partial charge in [0.05, 0.1) is 12.1 Å². The molecule has 1 aliphatic rings. The maximum Gasteiger partial charge on any atom is 0.238 e. The first-order valence-electron chi connectivity index (χ1n) is 11.6. The van der Waals surface area contributed by atoms with Crippen molar-refractivity contribution in [2.24, 2.45) is 0 Å². The minimum Gasteiger partial charge on any atom is -0.489 e. The highest BCUT2D eigenvalue weighted by Gasteiger charge is 2.28. The normalized spacial score (nSPS) is 17.2. The average molecular weight is 476 g/mol. The van der Waals surface area contributed by atoms with E-state index in [2.05, 4.69) is 21.8 Å². The number of ether oxygens (including phenoxy) is 2. The van der Waals surface area contributed by atoms with Crippen LogP contribution in [0.5, 0.6) is 11.6 Å². The Morgan fingerprint density at radius 1 is 1.30 bits per heavy atom. The number of nitrogens with zero attached hydrogens (tertiary/aromatic N) is 3. The number of carbonyl (C=O) groups excluding carboxylic acids is 1. The van der Waals surface area contributed by atoms with Gasteiger partial charge in [0.2, 0.25) is 5.88 Å². The summed E-state index contributed by atoms with van der Waals surface area (Å²) >= 11 is 6.49. The van der Waals surface area contributed by atoms with Crippen molar-refractivity contribution >= 4 is 23.2 Å². The lowest BCUT2D eigenvalue weighted by Crippen LogP contribution is -2.29. The van der Waals surface area contributed by atoms with Gasteiger partial charge >= 0.3 is 0 Å². The maximum atomic E-state index is 12.3. The van der Waals surface area contributed by atoms with Gasteiger partial charge < -0.3 is 19.5 Å². The van der Waals surface area contributed by atoms with Crippen LogP contribution in [-0.2, 0) is 4.79 Å². The molecule has 2 atom stereocenters. The third-order valence-electron chi connectivity index (χ3n) is 5.69. The molecule has 1 aromatic carbocycles. The van der Waals surface area contributed by atoms with Crippen LogP contribution in [0, 0.1) is 0 Å². The van der Waals surface area contributed by atoms with E-state index < -0.39 is 5.60 Å². The third-order valence-corrected chi connectivity index (χ3v) is 6.02. The first-order valence-corrected chi connectivity index (χ1v) is 12.0. The quantitative estimate of drug-likeness (QED) is 0.499. The molecular formula is C25H34ClN3O4. The highest BCUT2D eigenvalue weighted by Crippen LogP contribution is 2.33. The van der Waals surface area contributed by atoms with E-state index in [0.29, 0.717) is 23.8 Å². The molecule has 1 unspecified atom stereocenters. The maximum absolute atomic E-state index is 12.3. The standard InChI is InChI=1S/C25H34ClN3O4/c1-5-6-7-21(30)17(2)18-8-10-19(11-9-18)33-20-12-13-29(14-20)23-22(26)24(28-16-27-23)32-15-25(3,4)31/h8-11,16-17,20,31H,5-7,12-15H2,1-4H3/t17?,20-/m1/s1. The fraction of sp³-hybridized carbons (Fsp3) is 0.560. The van der Waals surface area contributed by atoms with Crippen molar-refractivity contribution < 1.29 is 19.4 Å². The summed E-state index contributed by atoms with van der Waals surface area (Å²) in [5.74, 6) is 1.82. The number of benzene rings is 1. The topological polar surface area (TPSA) is 84.8 Å². The van der Waals surface area contributed by atoms with Crippen molar-refractivity contribution in [1.82, 2.24) is 9.97 Å². The number of unbranched alkanes of at least 4 members (excludes halogenated alkanes) is 1. The molecule has 3 rings (SSSR count). The smallest absolute Gasteiger partial charge is 0.238 e. The Labute approximate surface area is 201 Å². The Morgan fingerprint density at radius 2 is 2.03 bits per heavy atom. The van der Waals surface area contributed by atoms with Crippen LogP contribution in [0.1, 0.15) is 64.9 Å². The van der Waals surface area contributed by atoms with Gasteiger partial charge in [-0.3, -0.25) is 4.79 Å². The van der Waals surface area contributed by atoms with Crippen molar-refractivity contribution in [3.8, 4) is 11.6 Å². The van der Waals surface area contributed by atoms with E-state index in [9.17, 15) is 9.90 Å². The molecule has 0 radical (unpaired) electrons. The van der Waals surface area contributed by atoms with Crippen molar-refractivity contribution in [2.75, 3.05) is 24.6 Å². The average Bonchev–Trinajstić information content (AvgIpc) is 3.24. The molecule has 1 aliphatic heterocycles. The number of hydrogen-bond acceptors (Lipinski definition) is 7. The van der Waals surface area contributed by atoms with Gasteiger partial charge in [-0.15, -0.1) is 0 Å². The SMILES string of the molecule is CCCCC(=O)C(C)c1ccc(O[C@@H]2CCN(c3ncnc(OCC(C)(C)O)c3Cl)C2)cc1. The predicted molar refractivity (Wildman–Crippen MR) is 129 cm³/mol. The summed E-state index contributed by atoms with van der Waals surface area (Å²) < 4.78 is 11.7. The number of carbonyl (C=O) groups is 1. The molecule has 1 fully saturated rings. The zero-order valence-electron chi connectivity index (χ0n) is 19.9. The summed E-state index contributed by atoms with van der Waals surface area (Å²) in [6.07, 6.45) is 4.82. The predicted octanol–water partition coefficient (Wildman–Crippen LogP) is 4.80. The minimum absolute atomic E-state index is 0.00812. The van der Waals surface area contributed by atoms with Crippen molar-refractivity contribution in [2.45, 2.75) is 71.0 Å². The van der Waals surface area contributed by atoms with E-state index in [1.165, 1.54) is 6.33 Å². The number of hydrogen-bond donors (Lipinski definition) is 1. The van der Waals surface area contributed by atoms with Crippen LogP contribution in [0.3, 0.4) is 0 Å². The number of ketones is 1. The highest BCUT2D eigenvalue weighted by molar-refractivity contribution is 6.34. The molecular weight excluding hydrogens is 442 g/mol. The van der Waals surface area contributed by atoms with Gasteiger partial charge in [-0.1, -0.05) is 44.0 Å². The highest BCUT2D eigenvalue weighted by atomic mass is 35.5. The second-order valence-corrected chi connectivity index (χ2v) is 9.63. The number of Topliss-reactive ketones (excluding diaryl/α,β-unsaturated/α-hetero) is 1. The first kappa shape index (κ1) is 25.2. The fourth-order valence-electron chi connectivity index (χ4n) is 3.71. The Balaban J connectivity index is 1.58. The lowest BCUT2D eigenvalue weighted by atomic mass is 9.94. The fourth-order valence-corrected chi connectivity index (χ4v) is 3.98. The monoisotopic (exact) mass is 475 g/mol. The van der Waals surface area contributed by atoms with Crippen molar-refractivity contribution in [1.29, 1.82) is 0 Å². The van der Waals surface area contributed by atoms with E-state index >= 15 is 0 Å². The Bertz CT molecular complexity index is 930. The molecule has 1 N–H and O–H groups in total. The molecule has 180 valence electrons. The van der Waals surface area contributed by atoms with Gasteiger partial charge in [0, 0.05) is 25.3 Å². The molecule has 1 saturated heterocycles. The number of halogens is 1. The summed E-state index contributed by atoms with van der Waals surface area (Å²) in [5.41, 5.74) is 0.0276. The Kier molecular flexibility index (Phi) is 8.54.